The Morgan fingerprint density at radius 2 is 1.72 bits per heavy atom. The molecule has 0 spiro atoms. The van der Waals surface area contributed by atoms with Crippen molar-refractivity contribution in [3.8, 4) is 11.1 Å². The Kier molecular flexibility index (Phi) is 8.01. The molecule has 2 N–H and O–H groups in total. The van der Waals surface area contributed by atoms with Crippen LogP contribution in [0.2, 0.25) is 0 Å². The highest BCUT2D eigenvalue weighted by molar-refractivity contribution is 5.97. The molecular formula is C25H25F3N2O6. The van der Waals surface area contributed by atoms with Gasteiger partial charge < -0.3 is 20.1 Å². The van der Waals surface area contributed by atoms with Crippen LogP contribution >= 0.6 is 0 Å². The van der Waals surface area contributed by atoms with Gasteiger partial charge in [-0.15, -0.1) is 0 Å². The molecule has 0 aliphatic heterocycles. The van der Waals surface area contributed by atoms with Crippen molar-refractivity contribution < 1.29 is 41.8 Å². The first-order valence-electron chi connectivity index (χ1n) is 11.0. The zero-order valence-corrected chi connectivity index (χ0v) is 19.6. The number of alkyl halides is 3. The molecule has 0 radical (unpaired) electrons. The number of esters is 2. The van der Waals surface area contributed by atoms with Gasteiger partial charge in [0.15, 0.2) is 0 Å². The van der Waals surface area contributed by atoms with Crippen LogP contribution in [0, 0.1) is 5.92 Å². The van der Waals surface area contributed by atoms with E-state index in [1.807, 2.05) is 0 Å². The molecule has 1 aliphatic rings. The molecule has 2 atom stereocenters. The molecule has 1 saturated carbocycles. The largest absolute Gasteiger partial charge is 0.465 e. The lowest BCUT2D eigenvalue weighted by Gasteiger charge is -2.20. The van der Waals surface area contributed by atoms with Crippen LogP contribution in [0.4, 0.5) is 13.2 Å². The number of nitrogens with one attached hydrogen (secondary N) is 2. The van der Waals surface area contributed by atoms with Gasteiger partial charge in [0.05, 0.1) is 19.3 Å². The normalized spacial score (nSPS) is 18.6. The summed E-state index contributed by atoms with van der Waals surface area (Å²) in [5.41, 5.74) is 0.891. The maximum Gasteiger partial charge on any atom is 0.397 e. The van der Waals surface area contributed by atoms with Gasteiger partial charge in [0.2, 0.25) is 11.8 Å². The van der Waals surface area contributed by atoms with Crippen LogP contribution in [0.3, 0.4) is 0 Å². The SMILES string of the molecule is COC(=O)c1ccccc1-c1ccc(CNC(=O)[C@]2(NC(=O)CC(F)(F)F)C[C@@H]2COC(C)=O)cc1. The van der Waals surface area contributed by atoms with E-state index in [0.717, 1.165) is 5.56 Å². The molecule has 192 valence electrons. The summed E-state index contributed by atoms with van der Waals surface area (Å²) in [5.74, 6) is -3.73. The van der Waals surface area contributed by atoms with Crippen molar-refractivity contribution in [2.24, 2.45) is 5.92 Å². The summed E-state index contributed by atoms with van der Waals surface area (Å²) < 4.78 is 47.5. The van der Waals surface area contributed by atoms with Crippen LogP contribution in [0.25, 0.3) is 11.1 Å². The lowest BCUT2D eigenvalue weighted by atomic mass is 9.98. The molecule has 0 aromatic heterocycles. The van der Waals surface area contributed by atoms with Gasteiger partial charge in [-0.25, -0.2) is 4.79 Å². The number of benzene rings is 2. The van der Waals surface area contributed by atoms with E-state index in [1.165, 1.54) is 14.0 Å². The van der Waals surface area contributed by atoms with E-state index < -0.39 is 47.8 Å². The van der Waals surface area contributed by atoms with Gasteiger partial charge in [-0.05, 0) is 29.2 Å². The molecule has 1 fully saturated rings. The summed E-state index contributed by atoms with van der Waals surface area (Å²) in [4.78, 5) is 47.9. The number of hydrogen-bond donors (Lipinski definition) is 2. The predicted octanol–water partition coefficient (Wildman–Crippen LogP) is 3.15. The Balaban J connectivity index is 1.68. The third-order valence-corrected chi connectivity index (χ3v) is 5.77. The van der Waals surface area contributed by atoms with E-state index in [4.69, 9.17) is 9.47 Å². The number of carbonyl (C=O) groups excluding carboxylic acids is 4. The van der Waals surface area contributed by atoms with E-state index >= 15 is 0 Å². The number of amides is 2. The number of halogens is 3. The highest BCUT2D eigenvalue weighted by Crippen LogP contribution is 2.44. The average molecular weight is 506 g/mol. The Morgan fingerprint density at radius 1 is 1.06 bits per heavy atom. The first-order valence-corrected chi connectivity index (χ1v) is 11.0. The third kappa shape index (κ3) is 6.61. The molecule has 3 rings (SSSR count). The van der Waals surface area contributed by atoms with Gasteiger partial charge in [0, 0.05) is 19.4 Å². The molecular weight excluding hydrogens is 481 g/mol. The predicted molar refractivity (Wildman–Crippen MR) is 121 cm³/mol. The second-order valence-electron chi connectivity index (χ2n) is 8.43. The summed E-state index contributed by atoms with van der Waals surface area (Å²) in [7, 11) is 1.29. The molecule has 2 aromatic rings. The molecule has 2 amide bonds. The summed E-state index contributed by atoms with van der Waals surface area (Å²) in [6, 6.07) is 13.9. The minimum atomic E-state index is -4.73. The Morgan fingerprint density at radius 3 is 2.33 bits per heavy atom. The second-order valence-corrected chi connectivity index (χ2v) is 8.43. The van der Waals surface area contributed by atoms with Gasteiger partial charge in [0.1, 0.15) is 12.0 Å². The monoisotopic (exact) mass is 506 g/mol. The number of rotatable bonds is 9. The van der Waals surface area contributed by atoms with Crippen molar-refractivity contribution in [1.82, 2.24) is 10.6 Å². The van der Waals surface area contributed by atoms with E-state index in [-0.39, 0.29) is 19.6 Å². The maximum atomic E-state index is 12.9. The Hall–Kier alpha value is -3.89. The minimum absolute atomic E-state index is 0.0366. The van der Waals surface area contributed by atoms with Crippen LogP contribution < -0.4 is 10.6 Å². The van der Waals surface area contributed by atoms with Crippen LogP contribution in [0.5, 0.6) is 0 Å². The number of hydrogen-bond acceptors (Lipinski definition) is 6. The summed E-state index contributed by atoms with van der Waals surface area (Å²) in [6.45, 7) is 0.998. The van der Waals surface area contributed by atoms with Crippen LogP contribution in [-0.4, -0.2) is 49.2 Å². The van der Waals surface area contributed by atoms with Crippen molar-refractivity contribution in [3.63, 3.8) is 0 Å². The quantitative estimate of drug-likeness (QED) is 0.506. The highest BCUT2D eigenvalue weighted by Gasteiger charge is 2.61. The van der Waals surface area contributed by atoms with Gasteiger partial charge in [-0.3, -0.25) is 14.4 Å². The molecule has 8 nitrogen and oxygen atoms in total. The van der Waals surface area contributed by atoms with Gasteiger partial charge >= 0.3 is 18.1 Å². The topological polar surface area (TPSA) is 111 Å². The van der Waals surface area contributed by atoms with Crippen molar-refractivity contribution in [2.75, 3.05) is 13.7 Å². The first kappa shape index (κ1) is 26.7. The fraction of sp³-hybridized carbons (Fsp3) is 0.360. The van der Waals surface area contributed by atoms with E-state index in [2.05, 4.69) is 10.6 Å². The fourth-order valence-corrected chi connectivity index (χ4v) is 3.88. The fourth-order valence-electron chi connectivity index (χ4n) is 3.88. The smallest absolute Gasteiger partial charge is 0.397 e. The molecule has 36 heavy (non-hydrogen) atoms. The molecule has 0 heterocycles. The second kappa shape index (κ2) is 10.8. The van der Waals surface area contributed by atoms with Crippen LogP contribution in [0.1, 0.15) is 35.7 Å². The molecule has 0 bridgehead atoms. The number of carbonyl (C=O) groups is 4. The zero-order chi connectivity index (χ0) is 26.5. The first-order chi connectivity index (χ1) is 16.9. The molecule has 2 aromatic carbocycles. The van der Waals surface area contributed by atoms with E-state index in [0.29, 0.717) is 16.7 Å². The summed E-state index contributed by atoms with van der Waals surface area (Å²) in [6.07, 6.45) is -6.41. The van der Waals surface area contributed by atoms with Crippen molar-refractivity contribution >= 4 is 23.8 Å². The average Bonchev–Trinajstić information content (AvgIpc) is 3.53. The molecule has 1 aliphatic carbocycles. The zero-order valence-electron chi connectivity index (χ0n) is 19.6. The number of ether oxygens (including phenoxy) is 2. The van der Waals surface area contributed by atoms with Gasteiger partial charge in [0.25, 0.3) is 0 Å². The van der Waals surface area contributed by atoms with E-state index in [1.54, 1.807) is 48.5 Å². The van der Waals surface area contributed by atoms with E-state index in [9.17, 15) is 32.3 Å². The van der Waals surface area contributed by atoms with Crippen molar-refractivity contribution in [2.45, 2.75) is 38.0 Å². The Bertz CT molecular complexity index is 1150. The lowest BCUT2D eigenvalue weighted by Crippen LogP contribution is -2.51. The van der Waals surface area contributed by atoms with Gasteiger partial charge in [-0.1, -0.05) is 42.5 Å². The lowest BCUT2D eigenvalue weighted by molar-refractivity contribution is -0.155. The van der Waals surface area contributed by atoms with Crippen LogP contribution in [0.15, 0.2) is 48.5 Å². The minimum Gasteiger partial charge on any atom is -0.465 e. The summed E-state index contributed by atoms with van der Waals surface area (Å²) >= 11 is 0. The highest BCUT2D eigenvalue weighted by atomic mass is 19.4. The third-order valence-electron chi connectivity index (χ3n) is 5.77. The maximum absolute atomic E-state index is 12.9. The van der Waals surface area contributed by atoms with Crippen molar-refractivity contribution in [3.05, 3.63) is 59.7 Å². The molecule has 11 heteroatoms. The Labute approximate surface area is 205 Å². The molecule has 0 saturated heterocycles. The molecule has 0 unspecified atom stereocenters. The standard InChI is InChI=1S/C25H25F3N2O6/c1-15(31)36-14-18-11-24(18,30-21(32)12-25(26,27)28)23(34)29-13-16-7-9-17(10-8-16)19-5-3-4-6-20(19)22(33)35-2/h3-10,18H,11-14H2,1-2H3,(H,29,34)(H,30,32)/t18-,24+/m1/s1. The number of methoxy groups -OCH3 is 1. The van der Waals surface area contributed by atoms with Crippen LogP contribution in [-0.2, 0) is 30.4 Å². The van der Waals surface area contributed by atoms with Crippen molar-refractivity contribution in [1.29, 1.82) is 0 Å². The van der Waals surface area contributed by atoms with Gasteiger partial charge in [-0.2, -0.15) is 13.2 Å². The summed E-state index contributed by atoms with van der Waals surface area (Å²) in [5, 5.41) is 4.82.